The van der Waals surface area contributed by atoms with E-state index in [9.17, 15) is 0 Å². The van der Waals surface area contributed by atoms with E-state index in [0.717, 1.165) is 12.6 Å². The molecule has 0 spiro atoms. The second-order valence-corrected chi connectivity index (χ2v) is 5.70. The van der Waals surface area contributed by atoms with Crippen molar-refractivity contribution in [2.24, 2.45) is 5.73 Å². The van der Waals surface area contributed by atoms with Crippen LogP contribution in [-0.2, 0) is 0 Å². The van der Waals surface area contributed by atoms with E-state index in [1.807, 2.05) is 0 Å². The van der Waals surface area contributed by atoms with Gasteiger partial charge in [0.1, 0.15) is 0 Å². The Labute approximate surface area is 106 Å². The van der Waals surface area contributed by atoms with Crippen molar-refractivity contribution < 1.29 is 0 Å². The van der Waals surface area contributed by atoms with E-state index >= 15 is 0 Å². The minimum absolute atomic E-state index is 0.673. The standard InChI is InChI=1S/C14H29N3/c1-2-8-16-10-6-13(7-11-16)17-9-4-3-5-14(17)12-15/h13-14H,2-12,15H2,1H3. The minimum Gasteiger partial charge on any atom is -0.329 e. The molecule has 3 nitrogen and oxygen atoms in total. The molecule has 0 bridgehead atoms. The van der Waals surface area contributed by atoms with Crippen LogP contribution in [0.5, 0.6) is 0 Å². The molecule has 2 heterocycles. The first kappa shape index (κ1) is 13.3. The molecule has 2 N–H and O–H groups in total. The molecule has 17 heavy (non-hydrogen) atoms. The van der Waals surface area contributed by atoms with Crippen LogP contribution in [-0.4, -0.2) is 54.6 Å². The highest BCUT2D eigenvalue weighted by atomic mass is 15.2. The summed E-state index contributed by atoms with van der Waals surface area (Å²) in [5, 5.41) is 0. The van der Waals surface area contributed by atoms with Gasteiger partial charge in [0.2, 0.25) is 0 Å². The van der Waals surface area contributed by atoms with Crippen LogP contribution in [0.4, 0.5) is 0 Å². The van der Waals surface area contributed by atoms with Crippen LogP contribution in [0.1, 0.15) is 45.4 Å². The lowest BCUT2D eigenvalue weighted by Gasteiger charge is -2.44. The van der Waals surface area contributed by atoms with Gasteiger partial charge in [0, 0.05) is 18.6 Å². The highest BCUT2D eigenvalue weighted by molar-refractivity contribution is 4.86. The van der Waals surface area contributed by atoms with E-state index in [1.54, 1.807) is 0 Å². The largest absolute Gasteiger partial charge is 0.329 e. The van der Waals surface area contributed by atoms with Crippen molar-refractivity contribution in [3.63, 3.8) is 0 Å². The maximum absolute atomic E-state index is 5.92. The molecule has 2 saturated heterocycles. The van der Waals surface area contributed by atoms with Gasteiger partial charge >= 0.3 is 0 Å². The maximum Gasteiger partial charge on any atom is 0.0221 e. The first-order valence-electron chi connectivity index (χ1n) is 7.53. The van der Waals surface area contributed by atoms with Gasteiger partial charge in [-0.3, -0.25) is 4.90 Å². The maximum atomic E-state index is 5.92. The fourth-order valence-electron chi connectivity index (χ4n) is 3.55. The van der Waals surface area contributed by atoms with Crippen LogP contribution >= 0.6 is 0 Å². The molecule has 0 saturated carbocycles. The van der Waals surface area contributed by atoms with E-state index in [0.29, 0.717) is 6.04 Å². The Morgan fingerprint density at radius 2 is 1.82 bits per heavy atom. The van der Waals surface area contributed by atoms with Crippen LogP contribution in [0.2, 0.25) is 0 Å². The Morgan fingerprint density at radius 3 is 2.47 bits per heavy atom. The third kappa shape index (κ3) is 3.43. The van der Waals surface area contributed by atoms with Crippen molar-refractivity contribution >= 4 is 0 Å². The van der Waals surface area contributed by atoms with Crippen molar-refractivity contribution in [2.45, 2.75) is 57.5 Å². The summed E-state index contributed by atoms with van der Waals surface area (Å²) in [5.41, 5.74) is 5.92. The number of hydrogen-bond acceptors (Lipinski definition) is 3. The van der Waals surface area contributed by atoms with Gasteiger partial charge in [-0.1, -0.05) is 13.3 Å². The number of nitrogens with two attached hydrogens (primary N) is 1. The molecule has 0 aromatic heterocycles. The first-order valence-corrected chi connectivity index (χ1v) is 7.53. The third-order valence-electron chi connectivity index (χ3n) is 4.51. The van der Waals surface area contributed by atoms with Gasteiger partial charge in [-0.15, -0.1) is 0 Å². The van der Waals surface area contributed by atoms with Crippen LogP contribution in [0.3, 0.4) is 0 Å². The molecule has 0 aliphatic carbocycles. The smallest absolute Gasteiger partial charge is 0.0221 e. The first-order chi connectivity index (χ1) is 8.35. The molecular weight excluding hydrogens is 210 g/mol. The number of rotatable bonds is 4. The molecule has 0 radical (unpaired) electrons. The average molecular weight is 239 g/mol. The lowest BCUT2D eigenvalue weighted by Crippen LogP contribution is -2.53. The van der Waals surface area contributed by atoms with E-state index in [2.05, 4.69) is 16.7 Å². The normalized spacial score (nSPS) is 29.6. The summed E-state index contributed by atoms with van der Waals surface area (Å²) in [5.74, 6) is 0. The van der Waals surface area contributed by atoms with Gasteiger partial charge in [0.15, 0.2) is 0 Å². The zero-order valence-electron chi connectivity index (χ0n) is 11.4. The van der Waals surface area contributed by atoms with Crippen molar-refractivity contribution in [3.05, 3.63) is 0 Å². The van der Waals surface area contributed by atoms with Crippen molar-refractivity contribution in [2.75, 3.05) is 32.7 Å². The molecule has 0 amide bonds. The Bertz CT molecular complexity index is 212. The van der Waals surface area contributed by atoms with Crippen molar-refractivity contribution in [3.8, 4) is 0 Å². The van der Waals surface area contributed by atoms with Gasteiger partial charge < -0.3 is 10.6 Å². The second kappa shape index (κ2) is 6.72. The molecule has 3 heteroatoms. The number of piperidine rings is 2. The SMILES string of the molecule is CCCN1CCC(N2CCCCC2CN)CC1. The Balaban J connectivity index is 1.82. The quantitative estimate of drug-likeness (QED) is 0.810. The fraction of sp³-hybridized carbons (Fsp3) is 1.00. The molecule has 2 aliphatic heterocycles. The molecular formula is C14H29N3. The van der Waals surface area contributed by atoms with Gasteiger partial charge in [0.05, 0.1) is 0 Å². The number of likely N-dealkylation sites (tertiary alicyclic amines) is 2. The van der Waals surface area contributed by atoms with E-state index in [-0.39, 0.29) is 0 Å². The summed E-state index contributed by atoms with van der Waals surface area (Å²) in [7, 11) is 0. The molecule has 2 fully saturated rings. The summed E-state index contributed by atoms with van der Waals surface area (Å²) in [6.07, 6.45) is 8.09. The monoisotopic (exact) mass is 239 g/mol. The lowest BCUT2D eigenvalue weighted by atomic mass is 9.95. The minimum atomic E-state index is 0.673. The molecule has 0 aromatic rings. The van der Waals surface area contributed by atoms with E-state index in [1.165, 1.54) is 64.7 Å². The summed E-state index contributed by atoms with van der Waals surface area (Å²) in [4.78, 5) is 5.35. The molecule has 2 aliphatic rings. The van der Waals surface area contributed by atoms with Crippen molar-refractivity contribution in [1.29, 1.82) is 0 Å². The van der Waals surface area contributed by atoms with Crippen LogP contribution in [0.15, 0.2) is 0 Å². The Morgan fingerprint density at radius 1 is 1.06 bits per heavy atom. The zero-order chi connectivity index (χ0) is 12.1. The fourth-order valence-corrected chi connectivity index (χ4v) is 3.55. The Hall–Kier alpha value is -0.120. The number of hydrogen-bond donors (Lipinski definition) is 1. The molecule has 0 aromatic carbocycles. The average Bonchev–Trinajstić information content (AvgIpc) is 2.40. The predicted molar refractivity (Wildman–Crippen MR) is 73.2 cm³/mol. The number of nitrogens with zero attached hydrogens (tertiary/aromatic N) is 2. The van der Waals surface area contributed by atoms with Crippen molar-refractivity contribution in [1.82, 2.24) is 9.80 Å². The van der Waals surface area contributed by atoms with Crippen LogP contribution < -0.4 is 5.73 Å². The topological polar surface area (TPSA) is 32.5 Å². The molecule has 2 rings (SSSR count). The lowest BCUT2D eigenvalue weighted by molar-refractivity contribution is 0.0537. The van der Waals surface area contributed by atoms with E-state index in [4.69, 9.17) is 5.73 Å². The van der Waals surface area contributed by atoms with Gasteiger partial charge in [0.25, 0.3) is 0 Å². The predicted octanol–water partition coefficient (Wildman–Crippen LogP) is 1.67. The summed E-state index contributed by atoms with van der Waals surface area (Å²) in [6, 6.07) is 1.49. The Kier molecular flexibility index (Phi) is 5.26. The molecule has 1 unspecified atom stereocenters. The highest BCUT2D eigenvalue weighted by Crippen LogP contribution is 2.24. The van der Waals surface area contributed by atoms with Gasteiger partial charge in [-0.2, -0.15) is 0 Å². The summed E-state index contributed by atoms with van der Waals surface area (Å²) >= 11 is 0. The molecule has 100 valence electrons. The van der Waals surface area contributed by atoms with E-state index < -0.39 is 0 Å². The van der Waals surface area contributed by atoms with Gasteiger partial charge in [-0.25, -0.2) is 0 Å². The summed E-state index contributed by atoms with van der Waals surface area (Å²) in [6.45, 7) is 8.31. The summed E-state index contributed by atoms with van der Waals surface area (Å²) < 4.78 is 0. The van der Waals surface area contributed by atoms with Crippen LogP contribution in [0.25, 0.3) is 0 Å². The van der Waals surface area contributed by atoms with Gasteiger partial charge in [-0.05, 0) is 58.3 Å². The second-order valence-electron chi connectivity index (χ2n) is 5.70. The zero-order valence-corrected chi connectivity index (χ0v) is 11.4. The third-order valence-corrected chi connectivity index (χ3v) is 4.51. The van der Waals surface area contributed by atoms with Crippen LogP contribution in [0, 0.1) is 0 Å². The molecule has 1 atom stereocenters. The highest BCUT2D eigenvalue weighted by Gasteiger charge is 2.30.